The third kappa shape index (κ3) is 9.77. The lowest BCUT2D eigenvalue weighted by Crippen LogP contribution is -2.39. The molecule has 0 bridgehead atoms. The minimum Gasteiger partial charge on any atom is -0.383 e. The Balaban J connectivity index is 1.79. The number of carbonyl (C=O) groups is 2. The molecule has 0 radical (unpaired) electrons. The number of aromatic nitrogens is 1. The van der Waals surface area contributed by atoms with Crippen molar-refractivity contribution >= 4 is 17.2 Å². The maximum absolute atomic E-state index is 13.9. The summed E-state index contributed by atoms with van der Waals surface area (Å²) in [5.41, 5.74) is 5.24. The second-order valence-electron chi connectivity index (χ2n) is 12.1. The van der Waals surface area contributed by atoms with Crippen molar-refractivity contribution in [2.75, 3.05) is 39.9 Å². The third-order valence-electron chi connectivity index (χ3n) is 8.35. The maximum atomic E-state index is 13.9. The van der Waals surface area contributed by atoms with Crippen LogP contribution in [0.4, 0.5) is 0 Å². The van der Waals surface area contributed by atoms with Crippen molar-refractivity contribution < 1.29 is 14.3 Å². The number of benzene rings is 1. The quantitative estimate of drug-likeness (QED) is 0.126. The van der Waals surface area contributed by atoms with E-state index < -0.39 is 0 Å². The normalized spacial score (nSPS) is 11.6. The summed E-state index contributed by atoms with van der Waals surface area (Å²) in [5, 5.41) is 0. The predicted molar refractivity (Wildman–Crippen MR) is 179 cm³/mol. The van der Waals surface area contributed by atoms with Gasteiger partial charge in [0.25, 0.3) is 5.91 Å². The molecule has 3 rings (SSSR count). The number of hydrogen-bond donors (Lipinski definition) is 0. The van der Waals surface area contributed by atoms with Crippen LogP contribution in [0.2, 0.25) is 0 Å². The van der Waals surface area contributed by atoms with Crippen LogP contribution in [0.25, 0.3) is 5.52 Å². The smallest absolute Gasteiger partial charge is 0.254 e. The van der Waals surface area contributed by atoms with Crippen LogP contribution >= 0.6 is 0 Å². The van der Waals surface area contributed by atoms with Gasteiger partial charge in [0.05, 0.1) is 12.3 Å². The molecule has 0 fully saturated rings. The molecule has 6 heteroatoms. The van der Waals surface area contributed by atoms with E-state index in [1.807, 2.05) is 53.6 Å². The number of carbonyl (C=O) groups excluding carboxylic acids is 2. The lowest BCUT2D eigenvalue weighted by atomic mass is 10.00. The van der Waals surface area contributed by atoms with Crippen LogP contribution in [-0.4, -0.2) is 71.8 Å². The average Bonchev–Trinajstić information content (AvgIpc) is 3.38. The van der Waals surface area contributed by atoms with E-state index in [4.69, 9.17) is 4.74 Å². The van der Waals surface area contributed by atoms with Crippen LogP contribution in [0, 0.1) is 0 Å². The molecule has 236 valence electrons. The van der Waals surface area contributed by atoms with Gasteiger partial charge in [0.2, 0.25) is 5.78 Å². The highest BCUT2D eigenvalue weighted by atomic mass is 16.5. The molecule has 0 saturated carbocycles. The van der Waals surface area contributed by atoms with E-state index in [1.165, 1.54) is 44.3 Å². The summed E-state index contributed by atoms with van der Waals surface area (Å²) in [6.07, 6.45) is 11.9. The standard InChI is InChI=1S/C37H55N3O3/c1-7-10-15-32-27-34-28-33(37(42)39(29(4)5)25-26-43-6)20-24-40(34)35(32)36(41)31-18-16-30(17-19-31)14-13-23-38(21-11-8-2)22-12-9-3/h16-20,24,27-29H,7-15,21-23,25-26H2,1-6H3. The summed E-state index contributed by atoms with van der Waals surface area (Å²) in [6.45, 7) is 15.3. The summed E-state index contributed by atoms with van der Waals surface area (Å²) in [7, 11) is 1.65. The first-order valence-corrected chi connectivity index (χ1v) is 16.6. The van der Waals surface area contributed by atoms with Crippen LogP contribution in [0.5, 0.6) is 0 Å². The number of methoxy groups -OCH3 is 1. The van der Waals surface area contributed by atoms with Gasteiger partial charge in [-0.05, 0) is 101 Å². The number of nitrogens with zero attached hydrogens (tertiary/aromatic N) is 3. The van der Waals surface area contributed by atoms with E-state index in [9.17, 15) is 9.59 Å². The Bertz CT molecular complexity index is 1270. The predicted octanol–water partition coefficient (Wildman–Crippen LogP) is 7.84. The zero-order valence-electron chi connectivity index (χ0n) is 27.7. The third-order valence-corrected chi connectivity index (χ3v) is 8.35. The minimum absolute atomic E-state index is 0.0202. The van der Waals surface area contributed by atoms with E-state index in [-0.39, 0.29) is 17.7 Å². The fraction of sp³-hybridized carbons (Fsp3) is 0.568. The Kier molecular flexibility index (Phi) is 14.4. The molecule has 0 atom stereocenters. The molecule has 0 aliphatic rings. The van der Waals surface area contributed by atoms with Gasteiger partial charge < -0.3 is 18.9 Å². The van der Waals surface area contributed by atoms with Crippen molar-refractivity contribution in [2.45, 2.75) is 98.4 Å². The highest BCUT2D eigenvalue weighted by Gasteiger charge is 2.22. The fourth-order valence-electron chi connectivity index (χ4n) is 5.70. The Hall–Kier alpha value is -2.96. The second kappa shape index (κ2) is 18.0. The highest BCUT2D eigenvalue weighted by molar-refractivity contribution is 6.10. The van der Waals surface area contributed by atoms with Crippen molar-refractivity contribution in [3.8, 4) is 0 Å². The van der Waals surface area contributed by atoms with Gasteiger partial charge >= 0.3 is 0 Å². The summed E-state index contributed by atoms with van der Waals surface area (Å²) < 4.78 is 7.19. The molecule has 0 aliphatic heterocycles. The molecule has 0 aliphatic carbocycles. The molecule has 1 amide bonds. The van der Waals surface area contributed by atoms with Crippen LogP contribution in [0.3, 0.4) is 0 Å². The Morgan fingerprint density at radius 2 is 1.44 bits per heavy atom. The number of ketones is 1. The van der Waals surface area contributed by atoms with E-state index >= 15 is 0 Å². The Labute approximate surface area is 260 Å². The summed E-state index contributed by atoms with van der Waals surface area (Å²) in [6, 6.07) is 14.1. The average molecular weight is 590 g/mol. The summed E-state index contributed by atoms with van der Waals surface area (Å²) in [4.78, 5) is 31.8. The molecule has 0 N–H and O–H groups in total. The van der Waals surface area contributed by atoms with E-state index in [1.54, 1.807) is 7.11 Å². The number of rotatable bonds is 20. The van der Waals surface area contributed by atoms with Crippen molar-refractivity contribution in [2.24, 2.45) is 0 Å². The van der Waals surface area contributed by atoms with Crippen molar-refractivity contribution in [3.63, 3.8) is 0 Å². The maximum Gasteiger partial charge on any atom is 0.254 e. The Morgan fingerprint density at radius 1 is 0.791 bits per heavy atom. The van der Waals surface area contributed by atoms with E-state index in [2.05, 4.69) is 43.9 Å². The first kappa shape index (κ1) is 34.5. The van der Waals surface area contributed by atoms with E-state index in [0.717, 1.165) is 49.7 Å². The lowest BCUT2D eigenvalue weighted by molar-refractivity contribution is 0.0635. The zero-order chi connectivity index (χ0) is 31.2. The lowest BCUT2D eigenvalue weighted by Gasteiger charge is -2.26. The van der Waals surface area contributed by atoms with Gasteiger partial charge in [0.15, 0.2) is 0 Å². The molecular formula is C37H55N3O3. The second-order valence-corrected chi connectivity index (χ2v) is 12.1. The van der Waals surface area contributed by atoms with Gasteiger partial charge in [-0.15, -0.1) is 0 Å². The van der Waals surface area contributed by atoms with Crippen LogP contribution < -0.4 is 0 Å². The topological polar surface area (TPSA) is 54.3 Å². The van der Waals surface area contributed by atoms with E-state index in [0.29, 0.717) is 30.0 Å². The van der Waals surface area contributed by atoms with Gasteiger partial charge in [-0.25, -0.2) is 0 Å². The minimum atomic E-state index is -0.0202. The monoisotopic (exact) mass is 589 g/mol. The molecular weight excluding hydrogens is 534 g/mol. The number of pyridine rings is 1. The molecule has 0 unspecified atom stereocenters. The molecule has 2 heterocycles. The van der Waals surface area contributed by atoms with Gasteiger partial charge in [0.1, 0.15) is 0 Å². The number of fused-ring (bicyclic) bond motifs is 1. The number of ether oxygens (including phenoxy) is 1. The zero-order valence-corrected chi connectivity index (χ0v) is 27.7. The number of amides is 1. The van der Waals surface area contributed by atoms with Crippen molar-refractivity contribution in [3.05, 3.63) is 76.6 Å². The fourth-order valence-corrected chi connectivity index (χ4v) is 5.70. The number of hydrogen-bond acceptors (Lipinski definition) is 4. The summed E-state index contributed by atoms with van der Waals surface area (Å²) >= 11 is 0. The SMILES string of the molecule is CCCCc1cc2cc(C(=O)N(CCOC)C(C)C)ccn2c1C(=O)c1ccc(CCCN(CCCC)CCCC)cc1. The van der Waals surface area contributed by atoms with Gasteiger partial charge in [-0.2, -0.15) is 0 Å². The molecule has 6 nitrogen and oxygen atoms in total. The highest BCUT2D eigenvalue weighted by Crippen LogP contribution is 2.24. The largest absolute Gasteiger partial charge is 0.383 e. The van der Waals surface area contributed by atoms with Gasteiger partial charge in [-0.1, -0.05) is 64.3 Å². The van der Waals surface area contributed by atoms with Crippen LogP contribution in [0.1, 0.15) is 117 Å². The van der Waals surface area contributed by atoms with Gasteiger partial charge in [-0.3, -0.25) is 9.59 Å². The molecule has 0 spiro atoms. The van der Waals surface area contributed by atoms with Crippen molar-refractivity contribution in [1.82, 2.24) is 14.2 Å². The first-order valence-electron chi connectivity index (χ1n) is 16.6. The number of unbranched alkanes of at least 4 members (excludes halogenated alkanes) is 3. The molecule has 0 saturated heterocycles. The summed E-state index contributed by atoms with van der Waals surface area (Å²) in [5.74, 6) is 0.0131. The molecule has 1 aromatic carbocycles. The molecule has 43 heavy (non-hydrogen) atoms. The molecule has 2 aromatic heterocycles. The van der Waals surface area contributed by atoms with Crippen LogP contribution in [-0.2, 0) is 17.6 Å². The van der Waals surface area contributed by atoms with Gasteiger partial charge in [0, 0.05) is 42.5 Å². The molecule has 3 aromatic rings. The van der Waals surface area contributed by atoms with Crippen LogP contribution in [0.15, 0.2) is 48.7 Å². The van der Waals surface area contributed by atoms with Crippen molar-refractivity contribution in [1.29, 1.82) is 0 Å². The number of aryl methyl sites for hydroxylation is 2. The Morgan fingerprint density at radius 3 is 2.05 bits per heavy atom. The first-order chi connectivity index (χ1) is 20.8.